The van der Waals surface area contributed by atoms with Crippen molar-refractivity contribution in [2.24, 2.45) is 5.92 Å². The van der Waals surface area contributed by atoms with Crippen LogP contribution in [0.3, 0.4) is 0 Å². The molecule has 1 aromatic carbocycles. The van der Waals surface area contributed by atoms with E-state index in [1.807, 2.05) is 6.08 Å². The Labute approximate surface area is 164 Å². The third-order valence-electron chi connectivity index (χ3n) is 8.66. The Balaban J connectivity index is 1.52. The predicted octanol–water partition coefficient (Wildman–Crippen LogP) is 2.19. The zero-order valence-corrected chi connectivity index (χ0v) is 16.3. The molecule has 4 aliphatic heterocycles. The van der Waals surface area contributed by atoms with E-state index in [0.717, 1.165) is 35.4 Å². The van der Waals surface area contributed by atoms with Gasteiger partial charge in [0.1, 0.15) is 6.04 Å². The van der Waals surface area contributed by atoms with Crippen molar-refractivity contribution in [3.8, 4) is 11.5 Å². The Hall–Kier alpha value is -1.60. The highest BCUT2D eigenvalue weighted by molar-refractivity contribution is 5.64. The van der Waals surface area contributed by atoms with Crippen LogP contribution in [-0.2, 0) is 26.3 Å². The molecule has 4 heterocycles. The van der Waals surface area contributed by atoms with Gasteiger partial charge in [-0.05, 0) is 36.6 Å². The fourth-order valence-electron chi connectivity index (χ4n) is 7.21. The van der Waals surface area contributed by atoms with Crippen molar-refractivity contribution in [3.63, 3.8) is 0 Å². The number of quaternary nitrogens is 1. The van der Waals surface area contributed by atoms with Gasteiger partial charge in [-0.3, -0.25) is 0 Å². The molecule has 0 radical (unpaired) electrons. The molecule has 1 saturated carbocycles. The van der Waals surface area contributed by atoms with Crippen molar-refractivity contribution < 1.29 is 28.8 Å². The zero-order valence-electron chi connectivity index (χ0n) is 16.3. The normalized spacial score (nSPS) is 49.1. The van der Waals surface area contributed by atoms with E-state index in [0.29, 0.717) is 5.75 Å². The van der Waals surface area contributed by atoms with Crippen LogP contribution in [0.2, 0.25) is 0 Å². The molecule has 6 heteroatoms. The van der Waals surface area contributed by atoms with Crippen LogP contribution in [0.15, 0.2) is 24.3 Å². The van der Waals surface area contributed by atoms with Gasteiger partial charge in [-0.2, -0.15) is 4.89 Å². The molecule has 6 nitrogen and oxygen atoms in total. The summed E-state index contributed by atoms with van der Waals surface area (Å²) >= 11 is 0. The van der Waals surface area contributed by atoms with E-state index in [4.69, 9.17) is 19.2 Å². The number of benzene rings is 1. The van der Waals surface area contributed by atoms with Crippen LogP contribution in [-0.4, -0.2) is 60.4 Å². The number of hydrogen-bond donors (Lipinski definition) is 1. The summed E-state index contributed by atoms with van der Waals surface area (Å²) in [5, 5.41) is 10.6. The standard InChI is InChI=1S/C22H25NO5/c1-23(12-13-3-4-13)10-9-20-17-14-5-6-15(24)18(17)26-19(20)22(25-2)8-7-21(20,27-28-22)16(23)11-14/h5-8,13,16,19H,3-4,9-12H2,1-2H3/p+1/t16-,19-,20+,21-,22?,23?/m1/s1. The summed E-state index contributed by atoms with van der Waals surface area (Å²) in [5.74, 6) is 0.548. The van der Waals surface area contributed by atoms with E-state index >= 15 is 0 Å². The Morgan fingerprint density at radius 2 is 2.11 bits per heavy atom. The number of likely N-dealkylation sites (N-methyl/N-ethyl adjacent to an activating group) is 1. The van der Waals surface area contributed by atoms with Crippen molar-refractivity contribution in [1.29, 1.82) is 0 Å². The van der Waals surface area contributed by atoms with Crippen molar-refractivity contribution >= 4 is 0 Å². The summed E-state index contributed by atoms with van der Waals surface area (Å²) < 4.78 is 13.3. The van der Waals surface area contributed by atoms with E-state index in [1.54, 1.807) is 13.2 Å². The highest BCUT2D eigenvalue weighted by Gasteiger charge is 2.83. The number of rotatable bonds is 3. The van der Waals surface area contributed by atoms with Crippen molar-refractivity contribution in [2.75, 3.05) is 27.2 Å². The molecule has 1 aromatic rings. The molecule has 1 N–H and O–H groups in total. The SMILES string of the molecule is COC12C=C[C@@]3(OO1)[C@H]1Cc4ccc(O)c5c4[C@@]3(CC[N+]1(C)CC1CC1)[C@H]2O5. The summed E-state index contributed by atoms with van der Waals surface area (Å²) in [5.41, 5.74) is 1.43. The number of phenols is 1. The first kappa shape index (κ1) is 16.2. The van der Waals surface area contributed by atoms with E-state index in [-0.39, 0.29) is 23.3 Å². The first-order valence-electron chi connectivity index (χ1n) is 10.5. The first-order chi connectivity index (χ1) is 13.5. The predicted molar refractivity (Wildman–Crippen MR) is 98.7 cm³/mol. The van der Waals surface area contributed by atoms with Gasteiger partial charge >= 0.3 is 0 Å². The summed E-state index contributed by atoms with van der Waals surface area (Å²) in [6, 6.07) is 4.11. The third kappa shape index (κ3) is 1.50. The average Bonchev–Trinajstić information content (AvgIpc) is 3.43. The molecule has 0 aromatic heterocycles. The zero-order chi connectivity index (χ0) is 18.9. The number of piperidine rings is 1. The summed E-state index contributed by atoms with van der Waals surface area (Å²) in [4.78, 5) is 12.3. The highest BCUT2D eigenvalue weighted by atomic mass is 17.2. The van der Waals surface area contributed by atoms with Crippen molar-refractivity contribution in [2.45, 2.75) is 54.6 Å². The Kier molecular flexibility index (Phi) is 2.66. The second-order valence-corrected chi connectivity index (χ2v) is 9.93. The van der Waals surface area contributed by atoms with Crippen LogP contribution in [0, 0.1) is 5.92 Å². The quantitative estimate of drug-likeness (QED) is 0.492. The molecule has 0 amide bonds. The average molecular weight is 384 g/mol. The minimum atomic E-state index is -1.08. The minimum absolute atomic E-state index is 0.197. The maximum Gasteiger partial charge on any atom is 0.259 e. The third-order valence-corrected chi connectivity index (χ3v) is 8.66. The van der Waals surface area contributed by atoms with E-state index in [9.17, 15) is 5.11 Å². The molecule has 8 rings (SSSR count). The molecule has 4 bridgehead atoms. The minimum Gasteiger partial charge on any atom is -0.504 e. The van der Waals surface area contributed by atoms with Crippen molar-refractivity contribution in [3.05, 3.63) is 35.4 Å². The number of hydrogen-bond acceptors (Lipinski definition) is 5. The lowest BCUT2D eigenvalue weighted by Gasteiger charge is -2.68. The van der Waals surface area contributed by atoms with E-state index in [1.165, 1.54) is 24.9 Å². The van der Waals surface area contributed by atoms with Gasteiger partial charge in [0, 0.05) is 31.4 Å². The second-order valence-electron chi connectivity index (χ2n) is 9.93. The summed E-state index contributed by atoms with van der Waals surface area (Å²) in [7, 11) is 4.03. The maximum atomic E-state index is 10.6. The summed E-state index contributed by atoms with van der Waals surface area (Å²) in [6.45, 7) is 2.27. The van der Waals surface area contributed by atoms with Crippen LogP contribution in [0.4, 0.5) is 0 Å². The van der Waals surface area contributed by atoms with Crippen LogP contribution in [0.25, 0.3) is 0 Å². The largest absolute Gasteiger partial charge is 0.504 e. The fourth-order valence-corrected chi connectivity index (χ4v) is 7.21. The monoisotopic (exact) mass is 384 g/mol. The molecule has 3 aliphatic carbocycles. The van der Waals surface area contributed by atoms with Crippen LogP contribution in [0.5, 0.6) is 11.5 Å². The molecule has 7 aliphatic rings. The Bertz CT molecular complexity index is 943. The topological polar surface area (TPSA) is 57.2 Å². The number of phenolic OH excluding ortho intramolecular Hbond substituents is 1. The van der Waals surface area contributed by atoms with Gasteiger partial charge in [0.2, 0.25) is 0 Å². The molecule has 148 valence electrons. The highest BCUT2D eigenvalue weighted by Crippen LogP contribution is 2.70. The molecule has 2 saturated heterocycles. The molecular formula is C22H26NO5+. The van der Waals surface area contributed by atoms with Gasteiger partial charge in [-0.15, -0.1) is 0 Å². The van der Waals surface area contributed by atoms with E-state index < -0.39 is 11.4 Å². The lowest BCUT2D eigenvalue weighted by Crippen LogP contribution is -2.85. The summed E-state index contributed by atoms with van der Waals surface area (Å²) in [6.07, 6.45) is 8.36. The fraction of sp³-hybridized carbons (Fsp3) is 0.636. The van der Waals surface area contributed by atoms with Gasteiger partial charge in [0.25, 0.3) is 5.79 Å². The Morgan fingerprint density at radius 3 is 2.82 bits per heavy atom. The molecule has 28 heavy (non-hydrogen) atoms. The van der Waals surface area contributed by atoms with Gasteiger partial charge in [0.05, 0.1) is 25.6 Å². The number of likely N-dealkylation sites (tertiary alicyclic amines) is 1. The first-order valence-corrected chi connectivity index (χ1v) is 10.5. The molecule has 3 fully saturated rings. The smallest absolute Gasteiger partial charge is 0.259 e. The number of fused-ring (bicyclic) bond motifs is 1. The molecular weight excluding hydrogens is 358 g/mol. The Morgan fingerprint density at radius 1 is 1.25 bits per heavy atom. The van der Waals surface area contributed by atoms with Crippen molar-refractivity contribution in [1.82, 2.24) is 0 Å². The number of ether oxygens (including phenoxy) is 2. The number of aromatic hydroxyl groups is 1. The number of methoxy groups -OCH3 is 1. The van der Waals surface area contributed by atoms with Gasteiger partial charge < -0.3 is 19.1 Å². The molecule has 2 unspecified atom stereocenters. The maximum absolute atomic E-state index is 10.6. The number of nitrogens with zero attached hydrogens (tertiary/aromatic N) is 1. The molecule has 6 atom stereocenters. The van der Waals surface area contributed by atoms with Crippen LogP contribution in [0.1, 0.15) is 30.4 Å². The van der Waals surface area contributed by atoms with E-state index in [2.05, 4.69) is 19.2 Å². The van der Waals surface area contributed by atoms with Gasteiger partial charge in [-0.1, -0.05) is 6.07 Å². The van der Waals surface area contributed by atoms with Gasteiger partial charge in [-0.25, -0.2) is 4.89 Å². The van der Waals surface area contributed by atoms with Crippen LogP contribution < -0.4 is 4.74 Å². The second kappa shape index (κ2) is 4.59. The lowest BCUT2D eigenvalue weighted by atomic mass is 9.49. The molecule has 2 spiro atoms. The van der Waals surface area contributed by atoms with Gasteiger partial charge in [0.15, 0.2) is 23.2 Å². The van der Waals surface area contributed by atoms with Crippen LogP contribution >= 0.6 is 0 Å². The lowest BCUT2D eigenvalue weighted by molar-refractivity contribution is -0.952.